The van der Waals surface area contributed by atoms with Gasteiger partial charge in [0.1, 0.15) is 0 Å². The normalized spacial score (nSPS) is 13.9. The fraction of sp³-hybridized carbons (Fsp3) is 0.917. The van der Waals surface area contributed by atoms with Crippen LogP contribution in [0.3, 0.4) is 0 Å². The largest absolute Gasteiger partial charge is 0.302 e. The Morgan fingerprint density at radius 2 is 1.60 bits per heavy atom. The third-order valence-corrected chi connectivity index (χ3v) is 3.10. The molecule has 0 radical (unpaired) electrons. The topological polar surface area (TPSA) is 30.3 Å². The molecule has 0 bridgehead atoms. The summed E-state index contributed by atoms with van der Waals surface area (Å²) in [5.41, 5.74) is 0. The van der Waals surface area contributed by atoms with E-state index in [1.165, 1.54) is 0 Å². The summed E-state index contributed by atoms with van der Waals surface area (Å²) in [5.74, 6) is 0. The summed E-state index contributed by atoms with van der Waals surface area (Å²) < 4.78 is 0. The third kappa shape index (κ3) is 5.15. The quantitative estimate of drug-likeness (QED) is 0.672. The first-order valence-corrected chi connectivity index (χ1v) is 5.69. The molecule has 3 heteroatoms. The molecule has 0 heterocycles. The minimum Gasteiger partial charge on any atom is -0.302 e. The van der Waals surface area contributed by atoms with Gasteiger partial charge in [0.15, 0.2) is 0 Å². The lowest BCUT2D eigenvalue weighted by molar-refractivity contribution is 0.137. The number of nitriles is 1. The van der Waals surface area contributed by atoms with E-state index in [9.17, 15) is 0 Å². The first-order valence-electron chi connectivity index (χ1n) is 5.69. The Bertz CT molecular complexity index is 205. The van der Waals surface area contributed by atoms with E-state index in [0.29, 0.717) is 24.5 Å². The van der Waals surface area contributed by atoms with Crippen LogP contribution < -0.4 is 0 Å². The Kier molecular flexibility index (Phi) is 6.55. The SMILES string of the molecule is CC(C)N(C)C[C@H](CC#N)N(C)C(C)C. The van der Waals surface area contributed by atoms with Crippen LogP contribution in [0.15, 0.2) is 0 Å². The molecule has 0 saturated heterocycles. The molecule has 0 N–H and O–H groups in total. The Labute approximate surface area is 94.7 Å². The van der Waals surface area contributed by atoms with E-state index in [1.807, 2.05) is 0 Å². The lowest BCUT2D eigenvalue weighted by atomic mass is 10.1. The average molecular weight is 211 g/mol. The summed E-state index contributed by atoms with van der Waals surface area (Å²) in [5, 5.41) is 8.82. The van der Waals surface area contributed by atoms with Crippen LogP contribution in [0, 0.1) is 11.3 Å². The van der Waals surface area contributed by atoms with Gasteiger partial charge in [-0.2, -0.15) is 5.26 Å². The molecule has 0 aliphatic carbocycles. The predicted molar refractivity (Wildman–Crippen MR) is 64.7 cm³/mol. The van der Waals surface area contributed by atoms with Gasteiger partial charge in [0, 0.05) is 24.7 Å². The second kappa shape index (κ2) is 6.81. The van der Waals surface area contributed by atoms with Crippen molar-refractivity contribution in [1.29, 1.82) is 5.26 Å². The van der Waals surface area contributed by atoms with E-state index >= 15 is 0 Å². The van der Waals surface area contributed by atoms with Gasteiger partial charge in [0.25, 0.3) is 0 Å². The minimum atomic E-state index is 0.336. The molecule has 0 spiro atoms. The molecule has 0 aliphatic rings. The van der Waals surface area contributed by atoms with Crippen LogP contribution in [0.25, 0.3) is 0 Å². The van der Waals surface area contributed by atoms with Gasteiger partial charge >= 0.3 is 0 Å². The van der Waals surface area contributed by atoms with Gasteiger partial charge in [0.2, 0.25) is 0 Å². The van der Waals surface area contributed by atoms with Crippen LogP contribution in [0.1, 0.15) is 34.1 Å². The molecule has 0 unspecified atom stereocenters. The lowest BCUT2D eigenvalue weighted by Gasteiger charge is -2.34. The zero-order chi connectivity index (χ0) is 12.0. The van der Waals surface area contributed by atoms with E-state index in [0.717, 1.165) is 6.54 Å². The maximum absolute atomic E-state index is 8.82. The van der Waals surface area contributed by atoms with Gasteiger partial charge in [-0.3, -0.25) is 4.90 Å². The van der Waals surface area contributed by atoms with Crippen molar-refractivity contribution in [2.24, 2.45) is 0 Å². The molecule has 0 rings (SSSR count). The number of hydrogen-bond donors (Lipinski definition) is 0. The van der Waals surface area contributed by atoms with E-state index in [4.69, 9.17) is 5.26 Å². The molecule has 0 aromatic heterocycles. The van der Waals surface area contributed by atoms with Gasteiger partial charge in [-0.25, -0.2) is 0 Å². The summed E-state index contributed by atoms with van der Waals surface area (Å²) in [6.45, 7) is 9.65. The van der Waals surface area contributed by atoms with E-state index in [1.54, 1.807) is 0 Å². The monoisotopic (exact) mass is 211 g/mol. The maximum atomic E-state index is 8.82. The van der Waals surface area contributed by atoms with Gasteiger partial charge in [-0.15, -0.1) is 0 Å². The first-order chi connectivity index (χ1) is 6.90. The molecule has 88 valence electrons. The van der Waals surface area contributed by atoms with Crippen molar-refractivity contribution in [3.63, 3.8) is 0 Å². The lowest BCUT2D eigenvalue weighted by Crippen LogP contribution is -2.45. The van der Waals surface area contributed by atoms with E-state index in [-0.39, 0.29) is 0 Å². The fourth-order valence-corrected chi connectivity index (χ4v) is 1.41. The molecular weight excluding hydrogens is 186 g/mol. The number of nitrogens with zero attached hydrogens (tertiary/aromatic N) is 3. The highest BCUT2D eigenvalue weighted by atomic mass is 15.2. The van der Waals surface area contributed by atoms with Gasteiger partial charge in [-0.1, -0.05) is 0 Å². The Morgan fingerprint density at radius 3 is 1.93 bits per heavy atom. The van der Waals surface area contributed by atoms with Crippen molar-refractivity contribution < 1.29 is 0 Å². The molecule has 0 aliphatic heterocycles. The van der Waals surface area contributed by atoms with Crippen LogP contribution >= 0.6 is 0 Å². The molecule has 0 saturated carbocycles. The maximum Gasteiger partial charge on any atom is 0.0638 e. The minimum absolute atomic E-state index is 0.336. The van der Waals surface area contributed by atoms with Crippen molar-refractivity contribution in [3.8, 4) is 6.07 Å². The molecule has 0 amide bonds. The Morgan fingerprint density at radius 1 is 1.07 bits per heavy atom. The summed E-state index contributed by atoms with van der Waals surface area (Å²) >= 11 is 0. The van der Waals surface area contributed by atoms with Crippen LogP contribution in [-0.4, -0.2) is 48.6 Å². The van der Waals surface area contributed by atoms with Crippen LogP contribution in [-0.2, 0) is 0 Å². The second-order valence-electron chi connectivity index (χ2n) is 4.81. The highest BCUT2D eigenvalue weighted by molar-refractivity contribution is 4.85. The van der Waals surface area contributed by atoms with Crippen LogP contribution in [0.5, 0.6) is 0 Å². The van der Waals surface area contributed by atoms with Gasteiger partial charge in [0.05, 0.1) is 12.5 Å². The van der Waals surface area contributed by atoms with Crippen LogP contribution in [0.4, 0.5) is 0 Å². The van der Waals surface area contributed by atoms with Gasteiger partial charge in [-0.05, 0) is 41.8 Å². The van der Waals surface area contributed by atoms with E-state index < -0.39 is 0 Å². The highest BCUT2D eigenvalue weighted by Crippen LogP contribution is 2.09. The zero-order valence-corrected chi connectivity index (χ0v) is 11.0. The van der Waals surface area contributed by atoms with Gasteiger partial charge < -0.3 is 4.90 Å². The smallest absolute Gasteiger partial charge is 0.0638 e. The first kappa shape index (κ1) is 14.4. The molecule has 0 aromatic carbocycles. The van der Waals surface area contributed by atoms with Crippen molar-refractivity contribution in [1.82, 2.24) is 9.80 Å². The van der Waals surface area contributed by atoms with Crippen molar-refractivity contribution in [2.45, 2.75) is 52.2 Å². The van der Waals surface area contributed by atoms with Crippen molar-refractivity contribution in [3.05, 3.63) is 0 Å². The third-order valence-electron chi connectivity index (χ3n) is 3.10. The number of rotatable bonds is 6. The molecule has 0 aromatic rings. The molecule has 15 heavy (non-hydrogen) atoms. The molecule has 1 atom stereocenters. The Balaban J connectivity index is 4.34. The second-order valence-corrected chi connectivity index (χ2v) is 4.81. The highest BCUT2D eigenvalue weighted by Gasteiger charge is 2.19. The number of hydrogen-bond acceptors (Lipinski definition) is 3. The summed E-state index contributed by atoms with van der Waals surface area (Å²) in [6, 6.07) is 3.64. The Hall–Kier alpha value is -0.590. The zero-order valence-electron chi connectivity index (χ0n) is 11.0. The van der Waals surface area contributed by atoms with Crippen molar-refractivity contribution in [2.75, 3.05) is 20.6 Å². The number of likely N-dealkylation sites (N-methyl/N-ethyl adjacent to an activating group) is 2. The predicted octanol–water partition coefficient (Wildman–Crippen LogP) is 1.95. The molecule has 0 fully saturated rings. The standard InChI is InChI=1S/C12H25N3/c1-10(2)14(5)9-12(7-8-13)15(6)11(3)4/h10-12H,7,9H2,1-6H3/t12-/m0/s1. The van der Waals surface area contributed by atoms with Crippen molar-refractivity contribution >= 4 is 0 Å². The fourth-order valence-electron chi connectivity index (χ4n) is 1.41. The average Bonchev–Trinajstić information content (AvgIpc) is 2.15. The van der Waals surface area contributed by atoms with E-state index in [2.05, 4.69) is 57.7 Å². The summed E-state index contributed by atoms with van der Waals surface area (Å²) in [6.07, 6.45) is 0.603. The van der Waals surface area contributed by atoms with Crippen LogP contribution in [0.2, 0.25) is 0 Å². The molecule has 3 nitrogen and oxygen atoms in total. The summed E-state index contributed by atoms with van der Waals surface area (Å²) in [4.78, 5) is 4.57. The molecular formula is C12H25N3. The summed E-state index contributed by atoms with van der Waals surface area (Å²) in [7, 11) is 4.21.